The van der Waals surface area contributed by atoms with Crippen LogP contribution in [0.15, 0.2) is 77.2 Å². The molecule has 2 N–H and O–H groups in total. The molecule has 0 bridgehead atoms. The Morgan fingerprint density at radius 1 is 1.09 bits per heavy atom. The van der Waals surface area contributed by atoms with Crippen molar-refractivity contribution in [3.05, 3.63) is 93.4 Å². The summed E-state index contributed by atoms with van der Waals surface area (Å²) >= 11 is 6.51. The first-order chi connectivity index (χ1) is 22.2. The quantitative estimate of drug-likeness (QED) is 0.0823. The number of nitrogens with zero attached hydrogens (tertiary/aromatic N) is 5. The molecule has 46 heavy (non-hydrogen) atoms. The Morgan fingerprint density at radius 2 is 1.83 bits per heavy atom. The van der Waals surface area contributed by atoms with Crippen molar-refractivity contribution in [1.82, 2.24) is 19.4 Å². The summed E-state index contributed by atoms with van der Waals surface area (Å²) in [6, 6.07) is 18.5. The lowest BCUT2D eigenvalue weighted by Crippen LogP contribution is -2.25. The normalized spacial score (nSPS) is 11.7. The third-order valence-corrected chi connectivity index (χ3v) is 8.10. The molecule has 0 radical (unpaired) electrons. The lowest BCUT2D eigenvalue weighted by Gasteiger charge is -2.17. The van der Waals surface area contributed by atoms with E-state index in [1.54, 1.807) is 35.0 Å². The predicted octanol–water partition coefficient (Wildman–Crippen LogP) is 6.93. The summed E-state index contributed by atoms with van der Waals surface area (Å²) in [6.07, 6.45) is 5.99. The number of unbranched alkanes of at least 4 members (excludes halogenated alkanes) is 1. The summed E-state index contributed by atoms with van der Waals surface area (Å²) in [5.74, 6) is 0.127. The number of pyridine rings is 1. The van der Waals surface area contributed by atoms with Gasteiger partial charge in [-0.1, -0.05) is 75.7 Å². The molecule has 10 heteroatoms. The average molecular weight is 640 g/mol. The molecule has 0 unspecified atom stereocenters. The molecule has 0 aliphatic rings. The fraction of sp³-hybridized carbons (Fsp3) is 0.361. The monoisotopic (exact) mass is 639 g/mol. The van der Waals surface area contributed by atoms with Gasteiger partial charge in [-0.25, -0.2) is 4.98 Å². The van der Waals surface area contributed by atoms with Gasteiger partial charge in [-0.3, -0.25) is 14.2 Å². The molecule has 0 saturated heterocycles. The summed E-state index contributed by atoms with van der Waals surface area (Å²) in [4.78, 5) is 38.2. The lowest BCUT2D eigenvalue weighted by molar-refractivity contribution is -0.112. The van der Waals surface area contributed by atoms with E-state index in [0.717, 1.165) is 50.0 Å². The zero-order valence-corrected chi connectivity index (χ0v) is 27.8. The molecule has 0 aliphatic carbocycles. The summed E-state index contributed by atoms with van der Waals surface area (Å²) in [6.45, 7) is 12.4. The van der Waals surface area contributed by atoms with Gasteiger partial charge in [-0.05, 0) is 74.6 Å². The molecular weight excluding hydrogens is 598 g/mol. The lowest BCUT2D eigenvalue weighted by atomic mass is 10.1. The summed E-state index contributed by atoms with van der Waals surface area (Å²) in [7, 11) is 0. The van der Waals surface area contributed by atoms with Gasteiger partial charge in [0.25, 0.3) is 11.5 Å². The minimum atomic E-state index is -0.439. The van der Waals surface area contributed by atoms with Gasteiger partial charge < -0.3 is 15.5 Å². The van der Waals surface area contributed by atoms with E-state index in [0.29, 0.717) is 46.4 Å². The van der Waals surface area contributed by atoms with Crippen molar-refractivity contribution >= 4 is 40.2 Å². The number of aryl methyl sites for hydroxylation is 2. The van der Waals surface area contributed by atoms with Gasteiger partial charge in [0.05, 0.1) is 0 Å². The molecule has 0 fully saturated rings. The van der Waals surface area contributed by atoms with Gasteiger partial charge in [-0.2, -0.15) is 10.2 Å². The molecule has 4 aromatic rings. The smallest absolute Gasteiger partial charge is 0.265 e. The van der Waals surface area contributed by atoms with Crippen LogP contribution in [0, 0.1) is 17.2 Å². The maximum Gasteiger partial charge on any atom is 0.265 e. The molecule has 0 aliphatic heterocycles. The van der Waals surface area contributed by atoms with Crippen LogP contribution in [0.3, 0.4) is 0 Å². The second kappa shape index (κ2) is 16.7. The standard InChI is InChI=1S/C36H42ClN7O2/c1-5-43(6-2)19-10-9-18-39-36-40-24-28-22-31(30-11-7-8-12-32(30)37)35(46)44(33(28)42-36)20-17-26-13-15-29(16-14-26)41-34(45)27(23-38)21-25(3)4/h7-8,11-16,21-22,24-25H,5-6,9-10,17-20H2,1-4H3,(H,41,45)(H,39,40,42)/b27-21+. The predicted molar refractivity (Wildman–Crippen MR) is 187 cm³/mol. The summed E-state index contributed by atoms with van der Waals surface area (Å²) < 4.78 is 1.69. The Morgan fingerprint density at radius 3 is 2.50 bits per heavy atom. The van der Waals surface area contributed by atoms with Crippen LogP contribution in [0.4, 0.5) is 11.6 Å². The van der Waals surface area contributed by atoms with Crippen LogP contribution in [0.5, 0.6) is 0 Å². The van der Waals surface area contributed by atoms with Crippen molar-refractivity contribution < 1.29 is 4.79 Å². The van der Waals surface area contributed by atoms with Crippen molar-refractivity contribution in [2.24, 2.45) is 5.92 Å². The number of anilines is 2. The van der Waals surface area contributed by atoms with Crippen LogP contribution in [0.2, 0.25) is 5.02 Å². The minimum Gasteiger partial charge on any atom is -0.354 e. The number of rotatable bonds is 15. The van der Waals surface area contributed by atoms with Gasteiger partial charge in [0.15, 0.2) is 0 Å². The molecular formula is C36H42ClN7O2. The summed E-state index contributed by atoms with van der Waals surface area (Å²) in [5, 5.41) is 16.7. The van der Waals surface area contributed by atoms with Gasteiger partial charge >= 0.3 is 0 Å². The SMILES string of the molecule is CCN(CC)CCCCNc1ncc2cc(-c3ccccc3Cl)c(=O)n(CCc3ccc(NC(=O)/C(C#N)=C/C(C)C)cc3)c2n1. The minimum absolute atomic E-state index is 0.0819. The third-order valence-electron chi connectivity index (χ3n) is 7.77. The number of aromatic nitrogens is 3. The molecule has 9 nitrogen and oxygen atoms in total. The van der Waals surface area contributed by atoms with E-state index in [4.69, 9.17) is 16.6 Å². The Kier molecular flexibility index (Phi) is 12.5. The van der Waals surface area contributed by atoms with Gasteiger partial charge in [0.2, 0.25) is 5.95 Å². The number of benzene rings is 2. The Hall–Kier alpha value is -4.52. The number of carbonyl (C=O) groups excluding carboxylic acids is 1. The third kappa shape index (κ3) is 9.03. The molecule has 0 atom stereocenters. The molecule has 4 rings (SSSR count). The zero-order chi connectivity index (χ0) is 33.1. The number of hydrogen-bond acceptors (Lipinski definition) is 7. The highest BCUT2D eigenvalue weighted by atomic mass is 35.5. The zero-order valence-electron chi connectivity index (χ0n) is 27.0. The van der Waals surface area contributed by atoms with E-state index >= 15 is 0 Å². The van der Waals surface area contributed by atoms with E-state index < -0.39 is 5.91 Å². The second-order valence-corrected chi connectivity index (χ2v) is 11.9. The fourth-order valence-electron chi connectivity index (χ4n) is 5.22. The highest BCUT2D eigenvalue weighted by molar-refractivity contribution is 6.33. The Balaban J connectivity index is 1.56. The topological polar surface area (TPSA) is 116 Å². The maximum atomic E-state index is 14.0. The Labute approximate surface area is 275 Å². The first-order valence-corrected chi connectivity index (χ1v) is 16.3. The van der Waals surface area contributed by atoms with Crippen LogP contribution < -0.4 is 16.2 Å². The van der Waals surface area contributed by atoms with Crippen molar-refractivity contribution in [3.63, 3.8) is 0 Å². The van der Waals surface area contributed by atoms with E-state index in [2.05, 4.69) is 34.4 Å². The number of allylic oxidation sites excluding steroid dienone is 1. The second-order valence-electron chi connectivity index (χ2n) is 11.5. The number of fused-ring (bicyclic) bond motifs is 1. The van der Waals surface area contributed by atoms with E-state index in [1.807, 2.05) is 56.3 Å². The molecule has 2 heterocycles. The highest BCUT2D eigenvalue weighted by Gasteiger charge is 2.16. The van der Waals surface area contributed by atoms with Gasteiger partial charge in [0, 0.05) is 46.5 Å². The number of carbonyl (C=O) groups is 1. The van der Waals surface area contributed by atoms with Crippen LogP contribution >= 0.6 is 11.6 Å². The first kappa shape index (κ1) is 34.4. The summed E-state index contributed by atoms with van der Waals surface area (Å²) in [5.41, 5.74) is 3.14. The molecule has 0 saturated carbocycles. The Bertz CT molecular complexity index is 1770. The van der Waals surface area contributed by atoms with E-state index in [-0.39, 0.29) is 17.1 Å². The van der Waals surface area contributed by atoms with Crippen LogP contribution in [0.25, 0.3) is 22.2 Å². The fourth-order valence-corrected chi connectivity index (χ4v) is 5.45. The number of hydrogen-bond donors (Lipinski definition) is 2. The van der Waals surface area contributed by atoms with Gasteiger partial charge in [-0.15, -0.1) is 0 Å². The van der Waals surface area contributed by atoms with Crippen molar-refractivity contribution in [2.75, 3.05) is 36.8 Å². The van der Waals surface area contributed by atoms with Crippen LogP contribution in [-0.2, 0) is 17.8 Å². The van der Waals surface area contributed by atoms with Crippen LogP contribution in [-0.4, -0.2) is 51.5 Å². The largest absolute Gasteiger partial charge is 0.354 e. The number of amides is 1. The number of halogens is 1. The first-order valence-electron chi connectivity index (χ1n) is 15.9. The maximum absolute atomic E-state index is 14.0. The van der Waals surface area contributed by atoms with Crippen LogP contribution in [0.1, 0.15) is 46.1 Å². The molecule has 2 aromatic carbocycles. The molecule has 0 spiro atoms. The van der Waals surface area contributed by atoms with Crippen molar-refractivity contribution in [1.29, 1.82) is 5.26 Å². The number of nitrogens with one attached hydrogen (secondary N) is 2. The molecule has 2 aromatic heterocycles. The highest BCUT2D eigenvalue weighted by Crippen LogP contribution is 2.27. The van der Waals surface area contributed by atoms with Gasteiger partial charge in [0.1, 0.15) is 17.3 Å². The number of nitriles is 1. The average Bonchev–Trinajstić information content (AvgIpc) is 3.05. The van der Waals surface area contributed by atoms with E-state index in [9.17, 15) is 14.9 Å². The van der Waals surface area contributed by atoms with Crippen molar-refractivity contribution in [2.45, 2.75) is 53.5 Å². The molecule has 240 valence electrons. The molecule has 1 amide bonds. The van der Waals surface area contributed by atoms with Crippen molar-refractivity contribution in [3.8, 4) is 17.2 Å². The van der Waals surface area contributed by atoms with E-state index in [1.165, 1.54) is 0 Å².